The number of ketones is 1. The summed E-state index contributed by atoms with van der Waals surface area (Å²) in [6.45, 7) is 0. The molecule has 0 unspecified atom stereocenters. The van der Waals surface area contributed by atoms with Crippen molar-refractivity contribution in [2.45, 2.75) is 24.2 Å². The molecule has 19 heavy (non-hydrogen) atoms. The Bertz CT molecular complexity index is 733. The number of benzene rings is 1. The van der Waals surface area contributed by atoms with Crippen LogP contribution in [0.3, 0.4) is 0 Å². The van der Waals surface area contributed by atoms with Gasteiger partial charge in [-0.2, -0.15) is 0 Å². The highest BCUT2D eigenvalue weighted by molar-refractivity contribution is 8.00. The molecule has 96 valence electrons. The fraction of sp³-hybridized carbons (Fsp3) is 0.286. The molecule has 4 nitrogen and oxygen atoms in total. The lowest BCUT2D eigenvalue weighted by Crippen LogP contribution is -2.18. The number of aromatic nitrogens is 1. The molecule has 0 saturated heterocycles. The van der Waals surface area contributed by atoms with Gasteiger partial charge in [-0.3, -0.25) is 9.59 Å². The monoisotopic (exact) mass is 272 g/mol. The van der Waals surface area contributed by atoms with E-state index in [0.29, 0.717) is 12.2 Å². The number of H-pyrrole nitrogens is 1. The second kappa shape index (κ2) is 3.87. The van der Waals surface area contributed by atoms with Gasteiger partial charge in [0.05, 0.1) is 27.5 Å². The number of hydrogen-bond acceptors (Lipinski definition) is 3. The van der Waals surface area contributed by atoms with E-state index in [1.807, 2.05) is 12.1 Å². The van der Waals surface area contributed by atoms with Crippen LogP contribution in [-0.4, -0.2) is 22.4 Å². The zero-order chi connectivity index (χ0) is 13.0. The van der Waals surface area contributed by atoms with E-state index in [0.717, 1.165) is 45.6 Å². The van der Waals surface area contributed by atoms with Crippen molar-refractivity contribution in [3.05, 3.63) is 23.4 Å². The summed E-state index contributed by atoms with van der Waals surface area (Å²) < 4.78 is 0. The highest BCUT2D eigenvalue weighted by atomic mass is 32.2. The zero-order valence-electron chi connectivity index (χ0n) is 10.2. The van der Waals surface area contributed by atoms with Crippen molar-refractivity contribution in [3.8, 4) is 0 Å². The number of hydrogen-bond donors (Lipinski definition) is 2. The molecule has 2 aromatic rings. The molecule has 4 rings (SSSR count). The minimum Gasteiger partial charge on any atom is -0.351 e. The van der Waals surface area contributed by atoms with E-state index in [9.17, 15) is 9.59 Å². The van der Waals surface area contributed by atoms with Crippen molar-refractivity contribution in [3.63, 3.8) is 0 Å². The fourth-order valence-electron chi connectivity index (χ4n) is 2.91. The summed E-state index contributed by atoms with van der Waals surface area (Å²) in [7, 11) is 0. The van der Waals surface area contributed by atoms with Crippen LogP contribution in [0.25, 0.3) is 10.9 Å². The maximum absolute atomic E-state index is 12.0. The number of carbonyl (C=O) groups is 2. The molecule has 5 heteroatoms. The van der Waals surface area contributed by atoms with Gasteiger partial charge in [0.1, 0.15) is 0 Å². The molecule has 1 aromatic carbocycles. The third-order valence-electron chi connectivity index (χ3n) is 3.77. The number of Topliss-reactive ketones (excluding diaryl/α,β-unsaturated/α-hetero) is 1. The largest absolute Gasteiger partial charge is 0.351 e. The summed E-state index contributed by atoms with van der Waals surface area (Å²) in [6, 6.07) is 3.95. The van der Waals surface area contributed by atoms with E-state index in [2.05, 4.69) is 10.3 Å². The van der Waals surface area contributed by atoms with Crippen LogP contribution in [0.15, 0.2) is 17.0 Å². The Kier molecular flexibility index (Phi) is 2.26. The van der Waals surface area contributed by atoms with E-state index >= 15 is 0 Å². The van der Waals surface area contributed by atoms with E-state index in [1.54, 1.807) is 0 Å². The molecule has 2 N–H and O–H groups in total. The molecule has 0 spiro atoms. The number of rotatable bonds is 0. The number of thioether (sulfide) groups is 1. The first-order valence-corrected chi connectivity index (χ1v) is 7.36. The van der Waals surface area contributed by atoms with Gasteiger partial charge < -0.3 is 10.3 Å². The molecule has 1 aliphatic carbocycles. The highest BCUT2D eigenvalue weighted by Gasteiger charge is 2.25. The number of carbonyl (C=O) groups excluding carboxylic acids is 2. The third-order valence-corrected chi connectivity index (χ3v) is 4.88. The normalized spacial score (nSPS) is 18.1. The number of aryl methyl sites for hydroxylation is 1. The average Bonchev–Trinajstić information content (AvgIpc) is 2.79. The summed E-state index contributed by atoms with van der Waals surface area (Å²) in [6.07, 6.45) is 2.52. The molecule has 1 aromatic heterocycles. The SMILES string of the molecule is O=C1CSc2c(ccc3c4c([nH]c23)C(=O)CCC4)N1. The molecule has 0 fully saturated rings. The Labute approximate surface area is 113 Å². The first kappa shape index (κ1) is 11.1. The molecule has 0 bridgehead atoms. The number of anilines is 1. The maximum Gasteiger partial charge on any atom is 0.234 e. The van der Waals surface area contributed by atoms with Gasteiger partial charge in [0.25, 0.3) is 0 Å². The number of fused-ring (bicyclic) bond motifs is 5. The molecule has 0 saturated carbocycles. The average molecular weight is 272 g/mol. The summed E-state index contributed by atoms with van der Waals surface area (Å²) in [4.78, 5) is 27.7. The summed E-state index contributed by atoms with van der Waals surface area (Å²) >= 11 is 1.54. The van der Waals surface area contributed by atoms with E-state index < -0.39 is 0 Å². The van der Waals surface area contributed by atoms with Crippen LogP contribution in [0.2, 0.25) is 0 Å². The Morgan fingerprint density at radius 3 is 2.95 bits per heavy atom. The quantitative estimate of drug-likeness (QED) is 0.775. The van der Waals surface area contributed by atoms with Crippen molar-refractivity contribution in [2.75, 3.05) is 11.1 Å². The topological polar surface area (TPSA) is 62.0 Å². The lowest BCUT2D eigenvalue weighted by molar-refractivity contribution is -0.113. The Morgan fingerprint density at radius 2 is 2.05 bits per heavy atom. The van der Waals surface area contributed by atoms with Crippen LogP contribution in [0.5, 0.6) is 0 Å². The van der Waals surface area contributed by atoms with E-state index in [-0.39, 0.29) is 11.7 Å². The van der Waals surface area contributed by atoms with Crippen molar-refractivity contribution >= 4 is 40.0 Å². The Hall–Kier alpha value is -1.75. The van der Waals surface area contributed by atoms with Crippen molar-refractivity contribution in [2.24, 2.45) is 0 Å². The van der Waals surface area contributed by atoms with Crippen LogP contribution < -0.4 is 5.32 Å². The van der Waals surface area contributed by atoms with Gasteiger partial charge in [-0.05, 0) is 24.5 Å². The Morgan fingerprint density at radius 1 is 1.16 bits per heavy atom. The number of nitrogens with one attached hydrogen (secondary N) is 2. The molecular formula is C14H12N2O2S. The van der Waals surface area contributed by atoms with Gasteiger partial charge in [0.15, 0.2) is 5.78 Å². The number of aromatic amines is 1. The van der Waals surface area contributed by atoms with Crippen LogP contribution in [-0.2, 0) is 11.2 Å². The fourth-order valence-corrected chi connectivity index (χ4v) is 3.84. The molecule has 2 aliphatic rings. The molecule has 1 amide bonds. The van der Waals surface area contributed by atoms with E-state index in [1.165, 1.54) is 11.8 Å². The number of amides is 1. The second-order valence-electron chi connectivity index (χ2n) is 4.96. The summed E-state index contributed by atoms with van der Waals surface area (Å²) in [5.74, 6) is 0.671. The maximum atomic E-state index is 12.0. The van der Waals surface area contributed by atoms with Crippen LogP contribution >= 0.6 is 11.8 Å². The van der Waals surface area contributed by atoms with E-state index in [4.69, 9.17) is 0 Å². The van der Waals surface area contributed by atoms with Gasteiger partial charge in [0.2, 0.25) is 5.91 Å². The highest BCUT2D eigenvalue weighted by Crippen LogP contribution is 2.40. The molecule has 0 atom stereocenters. The van der Waals surface area contributed by atoms with Crippen LogP contribution in [0.4, 0.5) is 5.69 Å². The van der Waals surface area contributed by atoms with Crippen molar-refractivity contribution < 1.29 is 9.59 Å². The predicted molar refractivity (Wildman–Crippen MR) is 74.9 cm³/mol. The minimum atomic E-state index is 0.0317. The van der Waals surface area contributed by atoms with Gasteiger partial charge in [0, 0.05) is 11.8 Å². The molecule has 2 heterocycles. The van der Waals surface area contributed by atoms with Crippen molar-refractivity contribution in [1.82, 2.24) is 4.98 Å². The van der Waals surface area contributed by atoms with Crippen LogP contribution in [0.1, 0.15) is 28.9 Å². The molecule has 1 aliphatic heterocycles. The predicted octanol–water partition coefficient (Wildman–Crippen LogP) is 2.73. The van der Waals surface area contributed by atoms with Gasteiger partial charge in [-0.15, -0.1) is 11.8 Å². The molecule has 0 radical (unpaired) electrons. The standard InChI is InChI=1S/C14H12N2O2S/c17-10-3-1-2-7-8-4-5-9-14(13(8)16-12(7)10)19-6-11(18)15-9/h4-5,16H,1-3,6H2,(H,15,18). The first-order chi connectivity index (χ1) is 9.24. The molecular weight excluding hydrogens is 260 g/mol. The smallest absolute Gasteiger partial charge is 0.234 e. The van der Waals surface area contributed by atoms with Gasteiger partial charge in [-0.1, -0.05) is 6.07 Å². The zero-order valence-corrected chi connectivity index (χ0v) is 11.0. The lowest BCUT2D eigenvalue weighted by Gasteiger charge is -2.16. The summed E-state index contributed by atoms with van der Waals surface area (Å²) in [5.41, 5.74) is 3.77. The first-order valence-electron chi connectivity index (χ1n) is 6.37. The third kappa shape index (κ3) is 1.54. The van der Waals surface area contributed by atoms with Crippen LogP contribution in [0, 0.1) is 0 Å². The van der Waals surface area contributed by atoms with Crippen molar-refractivity contribution in [1.29, 1.82) is 0 Å². The minimum absolute atomic E-state index is 0.0317. The summed E-state index contributed by atoms with van der Waals surface area (Å²) in [5, 5.41) is 4.01. The van der Waals surface area contributed by atoms with Gasteiger partial charge in [-0.25, -0.2) is 0 Å². The Balaban J connectivity index is 2.00. The van der Waals surface area contributed by atoms with Gasteiger partial charge >= 0.3 is 0 Å². The second-order valence-corrected chi connectivity index (χ2v) is 5.94. The lowest BCUT2D eigenvalue weighted by atomic mass is 9.95.